The zero-order chi connectivity index (χ0) is 13.5. The van der Waals surface area contributed by atoms with E-state index in [0.717, 1.165) is 0 Å². The third kappa shape index (κ3) is 4.77. The van der Waals surface area contributed by atoms with Crippen molar-refractivity contribution in [2.45, 2.75) is 39.5 Å². The molecule has 0 fully saturated rings. The Morgan fingerprint density at radius 2 is 1.53 bits per heavy atom. The molecule has 0 aromatic rings. The predicted molar refractivity (Wildman–Crippen MR) is 59.9 cm³/mol. The van der Waals surface area contributed by atoms with Gasteiger partial charge in [0.05, 0.1) is 13.2 Å². The number of nitriles is 1. The molecule has 0 aliphatic carbocycles. The zero-order valence-corrected chi connectivity index (χ0v) is 10.4. The standard InChI is InChI=1S/C12H17NO4/c1-9(14)4-6-12(8-13,11(16)17-3)7-5-10(2)15/h4-7H2,1-3H3. The minimum atomic E-state index is -1.38. The van der Waals surface area contributed by atoms with E-state index < -0.39 is 11.4 Å². The molecule has 5 heteroatoms. The molecule has 0 amide bonds. The van der Waals surface area contributed by atoms with Crippen molar-refractivity contribution in [2.24, 2.45) is 5.41 Å². The fraction of sp³-hybridized carbons (Fsp3) is 0.667. The Hall–Kier alpha value is -1.70. The molecule has 0 rings (SSSR count). The molecule has 0 saturated heterocycles. The largest absolute Gasteiger partial charge is 0.468 e. The summed E-state index contributed by atoms with van der Waals surface area (Å²) in [6.45, 7) is 2.79. The van der Waals surface area contributed by atoms with Crippen LogP contribution < -0.4 is 0 Å². The van der Waals surface area contributed by atoms with Crippen molar-refractivity contribution in [3.05, 3.63) is 0 Å². The number of ketones is 2. The van der Waals surface area contributed by atoms with E-state index in [4.69, 9.17) is 5.26 Å². The van der Waals surface area contributed by atoms with Crippen LogP contribution in [-0.2, 0) is 19.1 Å². The number of rotatable bonds is 7. The Labute approximate surface area is 101 Å². The highest BCUT2D eigenvalue weighted by atomic mass is 16.5. The lowest BCUT2D eigenvalue weighted by Crippen LogP contribution is -2.32. The highest BCUT2D eigenvalue weighted by Gasteiger charge is 2.39. The summed E-state index contributed by atoms with van der Waals surface area (Å²) in [5.41, 5.74) is -1.38. The van der Waals surface area contributed by atoms with Gasteiger partial charge in [0, 0.05) is 12.8 Å². The average Bonchev–Trinajstić information content (AvgIpc) is 2.28. The number of esters is 1. The van der Waals surface area contributed by atoms with Crippen LogP contribution in [0.1, 0.15) is 39.5 Å². The van der Waals surface area contributed by atoms with Gasteiger partial charge in [-0.1, -0.05) is 0 Å². The second kappa shape index (κ2) is 6.79. The number of Topliss-reactive ketones (excluding diaryl/α,β-unsaturated/α-hetero) is 2. The summed E-state index contributed by atoms with van der Waals surface area (Å²) in [6, 6.07) is 1.90. The molecular formula is C12H17NO4. The summed E-state index contributed by atoms with van der Waals surface area (Å²) in [4.78, 5) is 33.5. The molecule has 0 saturated carbocycles. The SMILES string of the molecule is COC(=O)C(C#N)(CCC(C)=O)CCC(C)=O. The maximum atomic E-state index is 11.6. The van der Waals surface area contributed by atoms with Gasteiger partial charge in [-0.3, -0.25) is 4.79 Å². The normalized spacial score (nSPS) is 10.5. The molecule has 0 heterocycles. The van der Waals surface area contributed by atoms with Gasteiger partial charge in [0.25, 0.3) is 0 Å². The Kier molecular flexibility index (Phi) is 6.11. The molecule has 0 bridgehead atoms. The maximum absolute atomic E-state index is 11.6. The molecule has 0 aliphatic heterocycles. The number of methoxy groups -OCH3 is 1. The average molecular weight is 239 g/mol. The summed E-state index contributed by atoms with van der Waals surface area (Å²) in [5.74, 6) is -0.879. The highest BCUT2D eigenvalue weighted by molar-refractivity contribution is 5.83. The van der Waals surface area contributed by atoms with Crippen LogP contribution in [0.4, 0.5) is 0 Å². The van der Waals surface area contributed by atoms with Gasteiger partial charge < -0.3 is 14.3 Å². The molecule has 0 unspecified atom stereocenters. The topological polar surface area (TPSA) is 84.2 Å². The van der Waals surface area contributed by atoms with Crippen molar-refractivity contribution in [3.8, 4) is 6.07 Å². The van der Waals surface area contributed by atoms with Crippen LogP contribution in [0.3, 0.4) is 0 Å². The lowest BCUT2D eigenvalue weighted by atomic mass is 9.79. The molecular weight excluding hydrogens is 222 g/mol. The molecule has 94 valence electrons. The molecule has 0 aliphatic rings. The van der Waals surface area contributed by atoms with E-state index in [9.17, 15) is 14.4 Å². The second-order valence-corrected chi connectivity index (χ2v) is 4.09. The van der Waals surface area contributed by atoms with E-state index in [-0.39, 0.29) is 37.2 Å². The number of ether oxygens (including phenoxy) is 1. The van der Waals surface area contributed by atoms with E-state index in [1.54, 1.807) is 0 Å². The lowest BCUT2D eigenvalue weighted by molar-refractivity contribution is -0.150. The fourth-order valence-corrected chi connectivity index (χ4v) is 1.46. The Balaban J connectivity index is 4.88. The van der Waals surface area contributed by atoms with Crippen LogP contribution in [0.2, 0.25) is 0 Å². The lowest BCUT2D eigenvalue weighted by Gasteiger charge is -2.22. The van der Waals surface area contributed by atoms with E-state index >= 15 is 0 Å². The van der Waals surface area contributed by atoms with Gasteiger partial charge in [0.15, 0.2) is 5.41 Å². The minimum absolute atomic E-state index is 0.0960. The summed E-state index contributed by atoms with van der Waals surface area (Å²) in [6.07, 6.45) is 0.443. The van der Waals surface area contributed by atoms with Gasteiger partial charge in [0.2, 0.25) is 0 Å². The van der Waals surface area contributed by atoms with Gasteiger partial charge >= 0.3 is 5.97 Å². The fourth-order valence-electron chi connectivity index (χ4n) is 1.46. The number of carbonyl (C=O) groups is 3. The number of hydrogen-bond acceptors (Lipinski definition) is 5. The van der Waals surface area contributed by atoms with Crippen molar-refractivity contribution in [2.75, 3.05) is 7.11 Å². The van der Waals surface area contributed by atoms with Crippen molar-refractivity contribution in [1.82, 2.24) is 0 Å². The van der Waals surface area contributed by atoms with Crippen LogP contribution in [-0.4, -0.2) is 24.6 Å². The van der Waals surface area contributed by atoms with Crippen LogP contribution >= 0.6 is 0 Å². The monoisotopic (exact) mass is 239 g/mol. The van der Waals surface area contributed by atoms with Crippen LogP contribution in [0.25, 0.3) is 0 Å². The van der Waals surface area contributed by atoms with Gasteiger partial charge in [-0.05, 0) is 26.7 Å². The van der Waals surface area contributed by atoms with E-state index in [0.29, 0.717) is 0 Å². The van der Waals surface area contributed by atoms with Crippen molar-refractivity contribution in [3.63, 3.8) is 0 Å². The van der Waals surface area contributed by atoms with Gasteiger partial charge in [-0.25, -0.2) is 0 Å². The Morgan fingerprint density at radius 1 is 1.12 bits per heavy atom. The third-order valence-corrected chi connectivity index (χ3v) is 2.60. The smallest absolute Gasteiger partial charge is 0.326 e. The quantitative estimate of drug-likeness (QED) is 0.627. The number of nitrogens with zero attached hydrogens (tertiary/aromatic N) is 1. The van der Waals surface area contributed by atoms with Crippen molar-refractivity contribution < 1.29 is 19.1 Å². The molecule has 17 heavy (non-hydrogen) atoms. The van der Waals surface area contributed by atoms with Crippen molar-refractivity contribution in [1.29, 1.82) is 5.26 Å². The third-order valence-electron chi connectivity index (χ3n) is 2.60. The summed E-state index contributed by atoms with van der Waals surface area (Å²) in [7, 11) is 1.19. The maximum Gasteiger partial charge on any atom is 0.326 e. The Morgan fingerprint density at radius 3 is 1.76 bits per heavy atom. The number of carbonyl (C=O) groups excluding carboxylic acids is 3. The second-order valence-electron chi connectivity index (χ2n) is 4.09. The molecule has 0 N–H and O–H groups in total. The minimum Gasteiger partial charge on any atom is -0.468 e. The van der Waals surface area contributed by atoms with Gasteiger partial charge in [0.1, 0.15) is 11.6 Å². The molecule has 5 nitrogen and oxygen atoms in total. The van der Waals surface area contributed by atoms with Gasteiger partial charge in [-0.15, -0.1) is 0 Å². The first-order chi connectivity index (χ1) is 7.88. The van der Waals surface area contributed by atoms with E-state index in [2.05, 4.69) is 4.74 Å². The van der Waals surface area contributed by atoms with E-state index in [1.165, 1.54) is 21.0 Å². The number of hydrogen-bond donors (Lipinski definition) is 0. The summed E-state index contributed by atoms with van der Waals surface area (Å²) >= 11 is 0. The van der Waals surface area contributed by atoms with Crippen LogP contribution in [0, 0.1) is 16.7 Å². The highest BCUT2D eigenvalue weighted by Crippen LogP contribution is 2.31. The molecule has 0 atom stereocenters. The summed E-state index contributed by atoms with van der Waals surface area (Å²) < 4.78 is 4.59. The molecule has 0 aromatic heterocycles. The van der Waals surface area contributed by atoms with Gasteiger partial charge in [-0.2, -0.15) is 5.26 Å². The first-order valence-corrected chi connectivity index (χ1v) is 5.36. The molecule has 0 spiro atoms. The Bertz CT molecular complexity index is 336. The predicted octanol–water partition coefficient (Wildman–Crippen LogP) is 1.41. The molecule has 0 aromatic carbocycles. The van der Waals surface area contributed by atoms with Crippen molar-refractivity contribution >= 4 is 17.5 Å². The molecule has 0 radical (unpaired) electrons. The zero-order valence-electron chi connectivity index (χ0n) is 10.4. The first kappa shape index (κ1) is 15.3. The first-order valence-electron chi connectivity index (χ1n) is 5.36. The van der Waals surface area contributed by atoms with Crippen LogP contribution in [0.15, 0.2) is 0 Å². The van der Waals surface area contributed by atoms with Crippen LogP contribution in [0.5, 0.6) is 0 Å². The summed E-state index contributed by atoms with van der Waals surface area (Å²) in [5, 5.41) is 9.13. The van der Waals surface area contributed by atoms with E-state index in [1.807, 2.05) is 6.07 Å².